The molecule has 0 aliphatic carbocycles. The third-order valence-electron chi connectivity index (χ3n) is 4.13. The van der Waals surface area contributed by atoms with E-state index in [-0.39, 0.29) is 23.6 Å². The highest BCUT2D eigenvalue weighted by Gasteiger charge is 2.30. The Hall–Kier alpha value is -0.920. The van der Waals surface area contributed by atoms with E-state index in [4.69, 9.17) is 0 Å². The van der Waals surface area contributed by atoms with E-state index in [2.05, 4.69) is 11.4 Å². The molecule has 0 spiro atoms. The molecular weight excluding hydrogens is 320 g/mol. The molecule has 1 aliphatic rings. The maximum Gasteiger partial charge on any atom is 0.223 e. The molecule has 0 radical (unpaired) electrons. The van der Waals surface area contributed by atoms with Crippen molar-refractivity contribution < 1.29 is 13.2 Å². The van der Waals surface area contributed by atoms with Gasteiger partial charge in [0.25, 0.3) is 0 Å². The van der Waals surface area contributed by atoms with Gasteiger partial charge in [0.2, 0.25) is 15.9 Å². The first-order valence-electron chi connectivity index (χ1n) is 7.68. The predicted octanol–water partition coefficient (Wildman–Crippen LogP) is 2.30. The normalized spacial score (nSPS) is 19.0. The van der Waals surface area contributed by atoms with Gasteiger partial charge in [-0.25, -0.2) is 12.7 Å². The summed E-state index contributed by atoms with van der Waals surface area (Å²) in [5.74, 6) is 0.0671. The molecule has 0 aromatic carbocycles. The van der Waals surface area contributed by atoms with E-state index >= 15 is 0 Å². The standard InChI is InChI=1S/C15H24N2O3S2/c1-4-22(19,20)17-9-7-13(8-10-17)15(18)16-12(3)14-6-5-11(2)21-14/h5-6,12-13H,4,7-10H2,1-3H3,(H,16,18)/t12-/m0/s1. The number of amides is 1. The van der Waals surface area contributed by atoms with Crippen LogP contribution in [-0.4, -0.2) is 37.5 Å². The van der Waals surface area contributed by atoms with E-state index in [1.54, 1.807) is 18.3 Å². The Morgan fingerprint density at radius 1 is 1.41 bits per heavy atom. The van der Waals surface area contributed by atoms with Crippen LogP contribution in [0.15, 0.2) is 12.1 Å². The fourth-order valence-corrected chi connectivity index (χ4v) is 4.68. The zero-order valence-electron chi connectivity index (χ0n) is 13.3. The molecule has 1 amide bonds. The fourth-order valence-electron chi connectivity index (χ4n) is 2.67. The average Bonchev–Trinajstić information content (AvgIpc) is 2.94. The second kappa shape index (κ2) is 7.10. The molecule has 1 atom stereocenters. The average molecular weight is 345 g/mol. The van der Waals surface area contributed by atoms with Gasteiger partial charge in [0.15, 0.2) is 0 Å². The monoisotopic (exact) mass is 344 g/mol. The van der Waals surface area contributed by atoms with Gasteiger partial charge in [-0.05, 0) is 45.7 Å². The highest BCUT2D eigenvalue weighted by Crippen LogP contribution is 2.24. The van der Waals surface area contributed by atoms with Crippen LogP contribution in [0.25, 0.3) is 0 Å². The van der Waals surface area contributed by atoms with Crippen molar-refractivity contribution in [3.63, 3.8) is 0 Å². The molecule has 0 bridgehead atoms. The lowest BCUT2D eigenvalue weighted by Crippen LogP contribution is -2.43. The van der Waals surface area contributed by atoms with E-state index < -0.39 is 10.0 Å². The smallest absolute Gasteiger partial charge is 0.223 e. The van der Waals surface area contributed by atoms with Crippen molar-refractivity contribution in [2.75, 3.05) is 18.8 Å². The largest absolute Gasteiger partial charge is 0.349 e. The van der Waals surface area contributed by atoms with Gasteiger partial charge in [0, 0.05) is 28.8 Å². The Labute approximate surface area is 136 Å². The number of aryl methyl sites for hydroxylation is 1. The second-order valence-electron chi connectivity index (χ2n) is 5.75. The van der Waals surface area contributed by atoms with Gasteiger partial charge in [-0.3, -0.25) is 4.79 Å². The van der Waals surface area contributed by atoms with E-state index in [1.807, 2.05) is 19.9 Å². The van der Waals surface area contributed by atoms with E-state index in [9.17, 15) is 13.2 Å². The van der Waals surface area contributed by atoms with E-state index in [0.717, 1.165) is 4.88 Å². The maximum atomic E-state index is 12.3. The first-order valence-corrected chi connectivity index (χ1v) is 10.1. The van der Waals surface area contributed by atoms with Gasteiger partial charge in [-0.15, -0.1) is 11.3 Å². The number of hydrogen-bond donors (Lipinski definition) is 1. The Balaban J connectivity index is 1.87. The molecule has 0 unspecified atom stereocenters. The number of nitrogens with zero attached hydrogens (tertiary/aromatic N) is 1. The third-order valence-corrected chi connectivity index (χ3v) is 7.19. The second-order valence-corrected chi connectivity index (χ2v) is 9.33. The minimum Gasteiger partial charge on any atom is -0.349 e. The van der Waals surface area contributed by atoms with Gasteiger partial charge in [-0.1, -0.05) is 0 Å². The van der Waals surface area contributed by atoms with Crippen molar-refractivity contribution >= 4 is 27.3 Å². The molecule has 0 saturated carbocycles. The predicted molar refractivity (Wildman–Crippen MR) is 89.4 cm³/mol. The Morgan fingerprint density at radius 2 is 2.05 bits per heavy atom. The highest BCUT2D eigenvalue weighted by atomic mass is 32.2. The zero-order chi connectivity index (χ0) is 16.3. The van der Waals surface area contributed by atoms with Crippen LogP contribution in [-0.2, 0) is 14.8 Å². The summed E-state index contributed by atoms with van der Waals surface area (Å²) in [7, 11) is -3.13. The van der Waals surface area contributed by atoms with Gasteiger partial charge < -0.3 is 5.32 Å². The van der Waals surface area contributed by atoms with Crippen LogP contribution >= 0.6 is 11.3 Å². The van der Waals surface area contributed by atoms with E-state index in [1.165, 1.54) is 9.18 Å². The molecule has 7 heteroatoms. The SMILES string of the molecule is CCS(=O)(=O)N1CCC(C(=O)N[C@@H](C)c2ccc(C)s2)CC1. The van der Waals surface area contributed by atoms with Crippen LogP contribution in [0.5, 0.6) is 0 Å². The van der Waals surface area contributed by atoms with Crippen LogP contribution < -0.4 is 5.32 Å². The van der Waals surface area contributed by atoms with Crippen LogP contribution in [0.2, 0.25) is 0 Å². The van der Waals surface area contributed by atoms with Gasteiger partial charge >= 0.3 is 0 Å². The number of rotatable bonds is 5. The number of carbonyl (C=O) groups is 1. The lowest BCUT2D eigenvalue weighted by atomic mass is 9.97. The summed E-state index contributed by atoms with van der Waals surface area (Å²) in [4.78, 5) is 14.7. The van der Waals surface area contributed by atoms with Gasteiger partial charge in [0.1, 0.15) is 0 Å². The topological polar surface area (TPSA) is 66.5 Å². The fraction of sp³-hybridized carbons (Fsp3) is 0.667. The number of sulfonamides is 1. The molecule has 1 aliphatic heterocycles. The van der Waals surface area contributed by atoms with Crippen LogP contribution in [0.4, 0.5) is 0 Å². The third kappa shape index (κ3) is 4.08. The van der Waals surface area contributed by atoms with Crippen molar-refractivity contribution in [2.24, 2.45) is 5.92 Å². The Bertz CT molecular complexity index is 616. The van der Waals surface area contributed by atoms with Crippen LogP contribution in [0.3, 0.4) is 0 Å². The summed E-state index contributed by atoms with van der Waals surface area (Å²) in [6.45, 7) is 6.58. The number of carbonyl (C=O) groups excluding carboxylic acids is 1. The molecule has 1 fully saturated rings. The van der Waals surface area contributed by atoms with Gasteiger partial charge in [0.05, 0.1) is 11.8 Å². The lowest BCUT2D eigenvalue weighted by molar-refractivity contribution is -0.126. The zero-order valence-corrected chi connectivity index (χ0v) is 15.0. The molecule has 124 valence electrons. The summed E-state index contributed by atoms with van der Waals surface area (Å²) >= 11 is 1.69. The van der Waals surface area contributed by atoms with Gasteiger partial charge in [-0.2, -0.15) is 0 Å². The summed E-state index contributed by atoms with van der Waals surface area (Å²) in [6.07, 6.45) is 1.20. The van der Waals surface area contributed by atoms with E-state index in [0.29, 0.717) is 25.9 Å². The van der Waals surface area contributed by atoms with Crippen molar-refractivity contribution in [1.29, 1.82) is 0 Å². The molecule has 2 rings (SSSR count). The molecule has 1 N–H and O–H groups in total. The molecule has 1 aromatic heterocycles. The molecule has 2 heterocycles. The molecular formula is C15H24N2O3S2. The summed E-state index contributed by atoms with van der Waals surface area (Å²) in [5, 5.41) is 3.05. The van der Waals surface area contributed by atoms with Crippen LogP contribution in [0, 0.1) is 12.8 Å². The quantitative estimate of drug-likeness (QED) is 0.891. The minimum atomic E-state index is -3.13. The van der Waals surface area contributed by atoms with Crippen molar-refractivity contribution in [3.05, 3.63) is 21.9 Å². The van der Waals surface area contributed by atoms with Crippen molar-refractivity contribution in [3.8, 4) is 0 Å². The Kier molecular flexibility index (Phi) is 5.63. The number of piperidine rings is 1. The van der Waals surface area contributed by atoms with Crippen molar-refractivity contribution in [2.45, 2.75) is 39.7 Å². The molecule has 5 nitrogen and oxygen atoms in total. The summed E-state index contributed by atoms with van der Waals surface area (Å²) < 4.78 is 25.1. The maximum absolute atomic E-state index is 12.3. The first kappa shape index (κ1) is 17.4. The summed E-state index contributed by atoms with van der Waals surface area (Å²) in [5.41, 5.74) is 0. The highest BCUT2D eigenvalue weighted by molar-refractivity contribution is 7.89. The number of hydrogen-bond acceptors (Lipinski definition) is 4. The Morgan fingerprint density at radius 3 is 2.55 bits per heavy atom. The molecule has 1 aromatic rings. The molecule has 22 heavy (non-hydrogen) atoms. The van der Waals surface area contributed by atoms with Crippen molar-refractivity contribution in [1.82, 2.24) is 9.62 Å². The number of thiophene rings is 1. The van der Waals surface area contributed by atoms with Crippen LogP contribution in [0.1, 0.15) is 42.5 Å². The lowest BCUT2D eigenvalue weighted by Gasteiger charge is -2.30. The number of nitrogens with one attached hydrogen (secondary N) is 1. The summed E-state index contributed by atoms with van der Waals surface area (Å²) in [6, 6.07) is 4.10. The molecule has 1 saturated heterocycles. The first-order chi connectivity index (χ1) is 10.3. The minimum absolute atomic E-state index is 0.00334.